The number of hydrogen-bond donors (Lipinski definition) is 1. The zero-order valence-electron chi connectivity index (χ0n) is 11.5. The number of hydrogen-bond acceptors (Lipinski definition) is 1. The third kappa shape index (κ3) is 1.34. The highest BCUT2D eigenvalue weighted by Crippen LogP contribution is 2.16. The average Bonchev–Trinajstić information content (AvgIpc) is 2.00. The molecular formula is C7H12O. The average molecular weight is 119 g/mol. The van der Waals surface area contributed by atoms with Crippen LogP contribution in [0.2, 0.25) is 0 Å². The molecule has 0 spiro atoms. The molecule has 1 rings (SSSR count). The van der Waals surface area contributed by atoms with Crippen LogP contribution >= 0.6 is 0 Å². The Labute approximate surface area is 59.9 Å². The van der Waals surface area contributed by atoms with Gasteiger partial charge in [-0.2, -0.15) is 0 Å². The molecule has 0 aromatic rings. The molecule has 1 heteroatoms. The van der Waals surface area contributed by atoms with Crippen molar-refractivity contribution in [1.82, 2.24) is 0 Å². The lowest BCUT2D eigenvalue weighted by Crippen LogP contribution is -2.11. The molecule has 1 aliphatic rings. The first kappa shape index (κ1) is 1.60. The summed E-state index contributed by atoms with van der Waals surface area (Å²) in [4.78, 5) is 0. The van der Waals surface area contributed by atoms with Gasteiger partial charge >= 0.3 is 0 Å². The standard InChI is InChI=1S/C7H12O/c1-6-3-2-4-7(8)5-6/h2,4,6-8H,3,5H2,1H3/i2D,3D2,5D2,6D,7D. The highest BCUT2D eigenvalue weighted by Gasteiger charge is 2.09. The maximum atomic E-state index is 9.45. The lowest BCUT2D eigenvalue weighted by molar-refractivity contribution is 0.183. The summed E-state index contributed by atoms with van der Waals surface area (Å²) in [5.74, 6) is -2.40. The molecule has 0 saturated carbocycles. The number of allylic oxidation sites excluding steroid dienone is 1. The van der Waals surface area contributed by atoms with Crippen molar-refractivity contribution in [2.24, 2.45) is 5.89 Å². The Hall–Kier alpha value is -0.300. The van der Waals surface area contributed by atoms with Gasteiger partial charge in [-0.1, -0.05) is 19.1 Å². The predicted molar refractivity (Wildman–Crippen MR) is 33.5 cm³/mol. The predicted octanol–water partition coefficient (Wildman–Crippen LogP) is 1.33. The molecule has 0 saturated heterocycles. The second-order valence-corrected chi connectivity index (χ2v) is 1.55. The van der Waals surface area contributed by atoms with Gasteiger partial charge in [0.1, 0.15) is 0 Å². The molecule has 0 fully saturated rings. The molecule has 0 aromatic heterocycles. The van der Waals surface area contributed by atoms with Crippen LogP contribution in [0.3, 0.4) is 0 Å². The highest BCUT2D eigenvalue weighted by molar-refractivity contribution is 4.95. The lowest BCUT2D eigenvalue weighted by atomic mass is 9.95. The quantitative estimate of drug-likeness (QED) is 0.477. The molecule has 0 bridgehead atoms. The Morgan fingerprint density at radius 3 is 3.62 bits per heavy atom. The summed E-state index contributed by atoms with van der Waals surface area (Å²) in [6, 6.07) is -0.743. The van der Waals surface area contributed by atoms with E-state index in [9.17, 15) is 5.11 Å². The molecule has 1 nitrogen and oxygen atoms in total. The summed E-state index contributed by atoms with van der Waals surface area (Å²) < 4.78 is 52.0. The monoisotopic (exact) mass is 119 g/mol. The highest BCUT2D eigenvalue weighted by atomic mass is 16.3. The fourth-order valence-electron chi connectivity index (χ4n) is 0.472. The van der Waals surface area contributed by atoms with Gasteiger partial charge in [-0.05, 0) is 18.6 Å². The summed E-state index contributed by atoms with van der Waals surface area (Å²) >= 11 is 0. The van der Waals surface area contributed by atoms with E-state index in [0.717, 1.165) is 6.92 Å². The van der Waals surface area contributed by atoms with E-state index in [2.05, 4.69) is 0 Å². The molecule has 2 unspecified atom stereocenters. The fourth-order valence-corrected chi connectivity index (χ4v) is 0.472. The van der Waals surface area contributed by atoms with Crippen molar-refractivity contribution in [1.29, 1.82) is 0 Å². The summed E-state index contributed by atoms with van der Waals surface area (Å²) in [5.41, 5.74) is 0. The largest absolute Gasteiger partial charge is 0.389 e. The maximum absolute atomic E-state index is 9.45. The van der Waals surface area contributed by atoms with Crippen LogP contribution in [0.4, 0.5) is 0 Å². The van der Waals surface area contributed by atoms with E-state index < -0.39 is 30.8 Å². The van der Waals surface area contributed by atoms with Crippen LogP contribution in [0, 0.1) is 5.89 Å². The molecule has 46 valence electrons. The molecule has 8 heavy (non-hydrogen) atoms. The SMILES string of the molecule is [2H]C1=CC([2H])(O)C([2H])([2H])C([2H])(C)C1([2H])[2H]. The van der Waals surface area contributed by atoms with E-state index in [1.54, 1.807) is 0 Å². The van der Waals surface area contributed by atoms with Crippen molar-refractivity contribution in [3.05, 3.63) is 12.1 Å². The van der Waals surface area contributed by atoms with Crippen molar-refractivity contribution >= 4 is 0 Å². The smallest absolute Gasteiger partial charge is 0.0723 e. The minimum atomic E-state index is -2.80. The van der Waals surface area contributed by atoms with E-state index in [4.69, 9.17) is 9.60 Å². The number of aliphatic hydroxyl groups is 1. The molecule has 2 atom stereocenters. The van der Waals surface area contributed by atoms with Gasteiger partial charge in [-0.3, -0.25) is 0 Å². The zero-order valence-corrected chi connectivity index (χ0v) is 4.52. The first-order valence-electron chi connectivity index (χ1n) is 5.80. The minimum Gasteiger partial charge on any atom is -0.389 e. The molecule has 0 heterocycles. The van der Waals surface area contributed by atoms with Gasteiger partial charge in [0.05, 0.1) is 8.82 Å². The van der Waals surface area contributed by atoms with Crippen molar-refractivity contribution < 1.29 is 14.7 Å². The van der Waals surface area contributed by atoms with Gasteiger partial charge in [0, 0.05) is 6.85 Å². The van der Waals surface area contributed by atoms with Crippen molar-refractivity contribution in [2.75, 3.05) is 0 Å². The normalized spacial score (nSPS) is 82.8. The Balaban J connectivity index is 3.49. The van der Waals surface area contributed by atoms with Crippen LogP contribution in [-0.2, 0) is 0 Å². The van der Waals surface area contributed by atoms with E-state index in [1.165, 1.54) is 0 Å². The van der Waals surface area contributed by atoms with Gasteiger partial charge in [-0.15, -0.1) is 0 Å². The zero-order chi connectivity index (χ0) is 12.3. The Kier molecular flexibility index (Phi) is 0.463. The molecule has 0 aliphatic heterocycles. The first-order chi connectivity index (χ1) is 6.38. The lowest BCUT2D eigenvalue weighted by Gasteiger charge is -2.16. The molecule has 1 aliphatic carbocycles. The third-order valence-electron chi connectivity index (χ3n) is 0.784. The summed E-state index contributed by atoms with van der Waals surface area (Å²) in [6.45, 7) is 0.939. The molecule has 1 N–H and O–H groups in total. The Morgan fingerprint density at radius 1 is 2.12 bits per heavy atom. The Morgan fingerprint density at radius 2 is 2.88 bits per heavy atom. The van der Waals surface area contributed by atoms with Crippen LogP contribution < -0.4 is 0 Å². The fraction of sp³-hybridized carbons (Fsp3) is 0.714. The molecule has 0 amide bonds. The van der Waals surface area contributed by atoms with E-state index in [1.807, 2.05) is 0 Å². The van der Waals surface area contributed by atoms with Gasteiger partial charge in [0.2, 0.25) is 0 Å². The van der Waals surface area contributed by atoms with Crippen molar-refractivity contribution in [3.8, 4) is 0 Å². The third-order valence-corrected chi connectivity index (χ3v) is 0.784. The van der Waals surface area contributed by atoms with Crippen molar-refractivity contribution in [2.45, 2.75) is 25.7 Å². The van der Waals surface area contributed by atoms with Crippen LogP contribution in [0.15, 0.2) is 12.1 Å². The number of rotatable bonds is 0. The van der Waals surface area contributed by atoms with E-state index >= 15 is 0 Å². The van der Waals surface area contributed by atoms with Gasteiger partial charge < -0.3 is 5.11 Å². The van der Waals surface area contributed by atoms with Crippen LogP contribution in [0.25, 0.3) is 0 Å². The molecule has 0 radical (unpaired) electrons. The van der Waals surface area contributed by atoms with Crippen LogP contribution in [0.1, 0.15) is 29.3 Å². The van der Waals surface area contributed by atoms with Crippen LogP contribution in [0.5, 0.6) is 0 Å². The summed E-state index contributed by atoms with van der Waals surface area (Å²) in [5, 5.41) is 9.45. The van der Waals surface area contributed by atoms with E-state index in [-0.39, 0.29) is 0 Å². The van der Waals surface area contributed by atoms with Gasteiger partial charge in [0.15, 0.2) is 0 Å². The summed E-state index contributed by atoms with van der Waals surface area (Å²) in [6.07, 6.45) is -7.59. The Bertz CT molecular complexity index is 317. The molecule has 0 aromatic carbocycles. The second kappa shape index (κ2) is 2.31. The topological polar surface area (TPSA) is 20.2 Å². The summed E-state index contributed by atoms with van der Waals surface area (Å²) in [7, 11) is 0. The van der Waals surface area contributed by atoms with Gasteiger partial charge in [-0.25, -0.2) is 0 Å². The van der Waals surface area contributed by atoms with E-state index in [0.29, 0.717) is 6.08 Å². The van der Waals surface area contributed by atoms with Crippen molar-refractivity contribution in [3.63, 3.8) is 0 Å². The van der Waals surface area contributed by atoms with Gasteiger partial charge in [0.25, 0.3) is 0 Å². The van der Waals surface area contributed by atoms with Crippen LogP contribution in [-0.4, -0.2) is 11.2 Å². The minimum absolute atomic E-state index is 0.503. The first-order valence-corrected chi connectivity index (χ1v) is 2.30. The maximum Gasteiger partial charge on any atom is 0.0723 e. The second-order valence-electron chi connectivity index (χ2n) is 1.55. The molecular weight excluding hydrogens is 100 g/mol.